The summed E-state index contributed by atoms with van der Waals surface area (Å²) >= 11 is 1.18. The SMILES string of the molecule is CC(=O)ONC(=O)[C@H]1C(=O)OCC[C@@H]1CC(=O)SC(C)(C)C. The quantitative estimate of drug-likeness (QED) is 0.471. The molecule has 0 radical (unpaired) electrons. The smallest absolute Gasteiger partial charge is 0.329 e. The third-order valence-electron chi connectivity index (χ3n) is 2.88. The van der Waals surface area contributed by atoms with Crippen LogP contribution < -0.4 is 5.48 Å². The molecule has 22 heavy (non-hydrogen) atoms. The molecule has 1 aliphatic rings. The van der Waals surface area contributed by atoms with E-state index in [0.29, 0.717) is 6.42 Å². The van der Waals surface area contributed by atoms with Crippen LogP contribution in [0.5, 0.6) is 0 Å². The summed E-state index contributed by atoms with van der Waals surface area (Å²) in [6, 6.07) is 0. The lowest BCUT2D eigenvalue weighted by molar-refractivity contribution is -0.169. The van der Waals surface area contributed by atoms with Crippen LogP contribution in [0.2, 0.25) is 0 Å². The number of nitrogens with one attached hydrogen (secondary N) is 1. The first kappa shape index (κ1) is 18.5. The van der Waals surface area contributed by atoms with Crippen LogP contribution in [0, 0.1) is 11.8 Å². The second-order valence-corrected chi connectivity index (χ2v) is 7.93. The third-order valence-corrected chi connectivity index (χ3v) is 3.89. The number of esters is 1. The van der Waals surface area contributed by atoms with Gasteiger partial charge in [0.25, 0.3) is 5.91 Å². The lowest BCUT2D eigenvalue weighted by atomic mass is 9.85. The van der Waals surface area contributed by atoms with Crippen molar-refractivity contribution < 1.29 is 28.8 Å². The second kappa shape index (κ2) is 7.62. The molecular formula is C14H21NO6S. The fourth-order valence-electron chi connectivity index (χ4n) is 2.08. The van der Waals surface area contributed by atoms with E-state index in [4.69, 9.17) is 4.74 Å². The number of cyclic esters (lactones) is 1. The van der Waals surface area contributed by atoms with Crippen molar-refractivity contribution >= 4 is 34.7 Å². The number of hydroxylamine groups is 1. The largest absolute Gasteiger partial charge is 0.465 e. The molecule has 0 saturated carbocycles. The maximum Gasteiger partial charge on any atom is 0.329 e. The molecule has 1 fully saturated rings. The number of carbonyl (C=O) groups excluding carboxylic acids is 4. The molecule has 0 aromatic rings. The molecule has 1 amide bonds. The molecule has 1 N–H and O–H groups in total. The first-order valence-electron chi connectivity index (χ1n) is 6.96. The highest BCUT2D eigenvalue weighted by atomic mass is 32.2. The van der Waals surface area contributed by atoms with E-state index in [1.54, 1.807) is 0 Å². The average Bonchev–Trinajstić information content (AvgIpc) is 2.33. The Kier molecular flexibility index (Phi) is 6.40. The van der Waals surface area contributed by atoms with Crippen molar-refractivity contribution in [1.29, 1.82) is 0 Å². The fraction of sp³-hybridized carbons (Fsp3) is 0.714. The maximum absolute atomic E-state index is 12.1. The van der Waals surface area contributed by atoms with Crippen molar-refractivity contribution in [2.45, 2.75) is 45.3 Å². The van der Waals surface area contributed by atoms with Gasteiger partial charge in [-0.25, -0.2) is 0 Å². The van der Waals surface area contributed by atoms with Gasteiger partial charge >= 0.3 is 11.9 Å². The third kappa shape index (κ3) is 6.05. The van der Waals surface area contributed by atoms with Crippen molar-refractivity contribution in [3.63, 3.8) is 0 Å². The molecule has 0 bridgehead atoms. The Labute approximate surface area is 133 Å². The summed E-state index contributed by atoms with van der Waals surface area (Å²) < 4.78 is 4.64. The van der Waals surface area contributed by atoms with E-state index in [9.17, 15) is 19.2 Å². The van der Waals surface area contributed by atoms with Crippen LogP contribution in [0.15, 0.2) is 0 Å². The summed E-state index contributed by atoms with van der Waals surface area (Å²) in [5.41, 5.74) is 1.93. The molecular weight excluding hydrogens is 310 g/mol. The number of carbonyl (C=O) groups is 4. The van der Waals surface area contributed by atoms with E-state index in [0.717, 1.165) is 6.92 Å². The molecule has 2 atom stereocenters. The summed E-state index contributed by atoms with van der Waals surface area (Å²) in [6.45, 7) is 7.04. The topological polar surface area (TPSA) is 98.8 Å². The van der Waals surface area contributed by atoms with E-state index >= 15 is 0 Å². The summed E-state index contributed by atoms with van der Waals surface area (Å²) in [5, 5.41) is -0.0857. The first-order chi connectivity index (χ1) is 10.1. The van der Waals surface area contributed by atoms with E-state index in [2.05, 4.69) is 4.84 Å². The van der Waals surface area contributed by atoms with Gasteiger partial charge in [0, 0.05) is 18.1 Å². The minimum atomic E-state index is -1.14. The van der Waals surface area contributed by atoms with Gasteiger partial charge in [0.1, 0.15) is 5.92 Å². The Morgan fingerprint density at radius 1 is 1.36 bits per heavy atom. The van der Waals surface area contributed by atoms with Crippen molar-refractivity contribution in [3.8, 4) is 0 Å². The van der Waals surface area contributed by atoms with Gasteiger partial charge in [0.15, 0.2) is 5.12 Å². The molecule has 0 aromatic carbocycles. The number of thioether (sulfide) groups is 1. The predicted octanol–water partition coefficient (Wildman–Crippen LogP) is 1.21. The summed E-state index contributed by atoms with van der Waals surface area (Å²) in [7, 11) is 0. The standard InChI is InChI=1S/C14H21NO6S/c1-8(16)21-15-12(18)11-9(5-6-20-13(11)19)7-10(17)22-14(2,3)4/h9,11H,5-7H2,1-4H3,(H,15,18)/t9-,11+/m1/s1. The normalized spacial score (nSPS) is 21.7. The lowest BCUT2D eigenvalue weighted by Gasteiger charge is -2.29. The zero-order chi connectivity index (χ0) is 16.9. The number of amides is 1. The van der Waals surface area contributed by atoms with Gasteiger partial charge in [-0.2, -0.15) is 5.48 Å². The first-order valence-corrected chi connectivity index (χ1v) is 7.77. The molecule has 124 valence electrons. The van der Waals surface area contributed by atoms with E-state index < -0.39 is 29.7 Å². The zero-order valence-corrected chi connectivity index (χ0v) is 14.0. The van der Waals surface area contributed by atoms with Crippen LogP contribution in [0.4, 0.5) is 0 Å². The fourth-order valence-corrected chi connectivity index (χ4v) is 3.06. The van der Waals surface area contributed by atoms with Gasteiger partial charge in [-0.1, -0.05) is 32.5 Å². The summed E-state index contributed by atoms with van der Waals surface area (Å²) in [5.74, 6) is -3.77. The van der Waals surface area contributed by atoms with Crippen LogP contribution >= 0.6 is 11.8 Å². The second-order valence-electron chi connectivity index (χ2n) is 6.04. The average molecular weight is 331 g/mol. The number of hydrogen-bond acceptors (Lipinski definition) is 7. The van der Waals surface area contributed by atoms with E-state index in [-0.39, 0.29) is 22.9 Å². The maximum atomic E-state index is 12.1. The van der Waals surface area contributed by atoms with Crippen molar-refractivity contribution in [2.75, 3.05) is 6.61 Å². The number of hydrogen-bond donors (Lipinski definition) is 1. The monoisotopic (exact) mass is 331 g/mol. The van der Waals surface area contributed by atoms with Crippen LogP contribution in [0.3, 0.4) is 0 Å². The lowest BCUT2D eigenvalue weighted by Crippen LogP contribution is -2.45. The van der Waals surface area contributed by atoms with Gasteiger partial charge in [-0.3, -0.25) is 19.2 Å². The highest BCUT2D eigenvalue weighted by Gasteiger charge is 2.41. The molecule has 1 rings (SSSR count). The van der Waals surface area contributed by atoms with Crippen molar-refractivity contribution in [2.24, 2.45) is 11.8 Å². The Morgan fingerprint density at radius 3 is 2.55 bits per heavy atom. The van der Waals surface area contributed by atoms with Gasteiger partial charge < -0.3 is 9.57 Å². The van der Waals surface area contributed by atoms with E-state index in [1.807, 2.05) is 26.3 Å². The molecule has 0 aliphatic carbocycles. The molecule has 1 heterocycles. The highest BCUT2D eigenvalue weighted by Crippen LogP contribution is 2.32. The van der Waals surface area contributed by atoms with Crippen LogP contribution in [-0.2, 0) is 28.8 Å². The Balaban J connectivity index is 2.72. The van der Waals surface area contributed by atoms with Crippen LogP contribution in [0.25, 0.3) is 0 Å². The van der Waals surface area contributed by atoms with Crippen molar-refractivity contribution in [3.05, 3.63) is 0 Å². The van der Waals surface area contributed by atoms with Crippen molar-refractivity contribution in [1.82, 2.24) is 5.48 Å². The Hall–Kier alpha value is -1.57. The minimum Gasteiger partial charge on any atom is -0.465 e. The molecule has 8 heteroatoms. The molecule has 1 aliphatic heterocycles. The summed E-state index contributed by atoms with van der Waals surface area (Å²) in [4.78, 5) is 51.0. The Morgan fingerprint density at radius 2 is 2.00 bits per heavy atom. The minimum absolute atomic E-state index is 0.0857. The van der Waals surface area contributed by atoms with Gasteiger partial charge in [0.05, 0.1) is 6.61 Å². The van der Waals surface area contributed by atoms with E-state index in [1.165, 1.54) is 11.8 Å². The summed E-state index contributed by atoms with van der Waals surface area (Å²) in [6.07, 6.45) is 0.509. The van der Waals surface area contributed by atoms with Gasteiger partial charge in [-0.15, -0.1) is 0 Å². The number of rotatable bonds is 3. The molecule has 7 nitrogen and oxygen atoms in total. The molecule has 1 saturated heterocycles. The van der Waals surface area contributed by atoms with Gasteiger partial charge in [-0.05, 0) is 12.3 Å². The zero-order valence-electron chi connectivity index (χ0n) is 13.1. The number of ether oxygens (including phenoxy) is 1. The van der Waals surface area contributed by atoms with Crippen LogP contribution in [0.1, 0.15) is 40.5 Å². The molecule has 0 spiro atoms. The molecule has 0 aromatic heterocycles. The highest BCUT2D eigenvalue weighted by molar-refractivity contribution is 8.14. The predicted molar refractivity (Wildman–Crippen MR) is 79.4 cm³/mol. The van der Waals surface area contributed by atoms with Crippen LogP contribution in [-0.4, -0.2) is 34.3 Å². The van der Waals surface area contributed by atoms with Gasteiger partial charge in [0.2, 0.25) is 0 Å². The molecule has 0 unspecified atom stereocenters. The Bertz CT molecular complexity index is 470.